The quantitative estimate of drug-likeness (QED) is 0.497. The van der Waals surface area contributed by atoms with Gasteiger partial charge in [-0.1, -0.05) is 24.3 Å². The van der Waals surface area contributed by atoms with Gasteiger partial charge in [-0.15, -0.1) is 0 Å². The maximum atomic E-state index is 10.5. The Bertz CT molecular complexity index is 886. The fraction of sp³-hybridized carbons (Fsp3) is 0.250. The van der Waals surface area contributed by atoms with Crippen molar-refractivity contribution in [1.82, 2.24) is 0 Å². The molecule has 0 unspecified atom stereocenters. The van der Waals surface area contributed by atoms with Crippen LogP contribution in [0, 0.1) is 64.2 Å². The zero-order valence-electron chi connectivity index (χ0n) is 22.9. The maximum Gasteiger partial charge on any atom is 4.00 e. The first-order valence-corrected chi connectivity index (χ1v) is 13.2. The standard InChI is InChI=1S/2C11H13NO3.2C5H5.Ti/c2*13-11(14)9-1-3-10(4-2-9)12-5-7-15-8-6-12;2*1-2-4-5-3-1;/h2*1-4H,5-8H2,(H,13,14);2*1-5H;/q;;;;+4/p-2. The molecule has 10 radical (unpaired) electrons. The summed E-state index contributed by atoms with van der Waals surface area (Å²) in [5.74, 6) is -2.27. The van der Waals surface area contributed by atoms with Crippen molar-refractivity contribution in [3.8, 4) is 0 Å². The van der Waals surface area contributed by atoms with Crippen molar-refractivity contribution >= 4 is 23.3 Å². The Labute approximate surface area is 259 Å². The fourth-order valence-corrected chi connectivity index (χ4v) is 3.90. The molecule has 0 aromatic heterocycles. The van der Waals surface area contributed by atoms with E-state index in [1.165, 1.54) is 0 Å². The molecule has 0 atom stereocenters. The van der Waals surface area contributed by atoms with E-state index in [0.717, 1.165) is 64.0 Å². The summed E-state index contributed by atoms with van der Waals surface area (Å²) < 4.78 is 10.5. The molecule has 2 aromatic carbocycles. The van der Waals surface area contributed by atoms with Crippen LogP contribution in [0.2, 0.25) is 0 Å². The minimum absolute atomic E-state index is 0. The van der Waals surface area contributed by atoms with Crippen molar-refractivity contribution in [1.29, 1.82) is 0 Å². The van der Waals surface area contributed by atoms with Crippen molar-refractivity contribution in [3.05, 3.63) is 124 Å². The molecule has 0 amide bonds. The Morgan fingerprint density at radius 2 is 0.732 bits per heavy atom. The van der Waals surface area contributed by atoms with E-state index in [1.54, 1.807) is 48.5 Å². The van der Waals surface area contributed by atoms with Gasteiger partial charge in [-0.3, -0.25) is 0 Å². The number of rotatable bonds is 4. The first-order chi connectivity index (χ1) is 19.5. The van der Waals surface area contributed by atoms with E-state index in [9.17, 15) is 19.8 Å². The molecule has 9 heteroatoms. The number of benzene rings is 2. The topological polar surface area (TPSA) is 105 Å². The molecular weight excluding hydrogens is 556 g/mol. The number of carbonyl (C=O) groups is 2. The Morgan fingerprint density at radius 1 is 0.488 bits per heavy atom. The van der Waals surface area contributed by atoms with Gasteiger partial charge in [0, 0.05) is 37.6 Å². The molecule has 2 aliphatic carbocycles. The molecule has 8 nitrogen and oxygen atoms in total. The van der Waals surface area contributed by atoms with Gasteiger partial charge in [-0.05, 0) is 99.6 Å². The summed E-state index contributed by atoms with van der Waals surface area (Å²) in [6.45, 7) is 6.31. The number of aromatic carboxylic acids is 2. The van der Waals surface area contributed by atoms with Crippen LogP contribution < -0.4 is 20.0 Å². The number of morpholine rings is 2. The van der Waals surface area contributed by atoms with Gasteiger partial charge in [0.15, 0.2) is 0 Å². The third kappa shape index (κ3) is 13.4. The minimum atomic E-state index is -1.14. The smallest absolute Gasteiger partial charge is 0.545 e. The Morgan fingerprint density at radius 3 is 0.951 bits per heavy atom. The van der Waals surface area contributed by atoms with Gasteiger partial charge in [0.25, 0.3) is 0 Å². The molecule has 2 saturated heterocycles. The molecule has 0 N–H and O–H groups in total. The molecule has 4 fully saturated rings. The second kappa shape index (κ2) is 20.5. The number of carboxylic acid groups (broad SMARTS) is 2. The monoisotopic (exact) mass is 590 g/mol. The van der Waals surface area contributed by atoms with E-state index in [1.807, 2.05) is 64.2 Å². The number of hydrogen-bond acceptors (Lipinski definition) is 8. The molecule has 4 aliphatic rings. The van der Waals surface area contributed by atoms with Crippen LogP contribution in [0.25, 0.3) is 0 Å². The average molecular weight is 590 g/mol. The molecular formula is C32H34N2O6Ti+2. The van der Waals surface area contributed by atoms with E-state index in [0.29, 0.717) is 0 Å². The maximum absolute atomic E-state index is 10.5. The van der Waals surface area contributed by atoms with Crippen LogP contribution in [0.5, 0.6) is 0 Å². The predicted octanol–water partition coefficient (Wildman–Crippen LogP) is 1.81. The van der Waals surface area contributed by atoms with Crippen LogP contribution >= 0.6 is 0 Å². The molecule has 0 bridgehead atoms. The van der Waals surface area contributed by atoms with Gasteiger partial charge in [0.1, 0.15) is 0 Å². The minimum Gasteiger partial charge on any atom is -0.545 e. The number of anilines is 2. The van der Waals surface area contributed by atoms with Crippen molar-refractivity contribution in [2.45, 2.75) is 0 Å². The first kappa shape index (κ1) is 34.8. The van der Waals surface area contributed by atoms with Crippen molar-refractivity contribution in [3.63, 3.8) is 0 Å². The number of nitrogens with zero attached hydrogens (tertiary/aromatic N) is 2. The van der Waals surface area contributed by atoms with Crippen LogP contribution in [0.3, 0.4) is 0 Å². The Balaban J connectivity index is 0.000000211. The largest absolute Gasteiger partial charge is 4.00 e. The van der Waals surface area contributed by atoms with E-state index in [-0.39, 0.29) is 32.8 Å². The summed E-state index contributed by atoms with van der Waals surface area (Å²) >= 11 is 0. The summed E-state index contributed by atoms with van der Waals surface area (Å²) in [4.78, 5) is 25.4. The van der Waals surface area contributed by atoms with Gasteiger partial charge in [-0.25, -0.2) is 0 Å². The molecule has 2 aromatic rings. The van der Waals surface area contributed by atoms with Gasteiger partial charge >= 0.3 is 21.7 Å². The van der Waals surface area contributed by atoms with Crippen molar-refractivity contribution < 1.29 is 51.0 Å². The van der Waals surface area contributed by atoms with Crippen molar-refractivity contribution in [2.75, 3.05) is 62.4 Å². The first-order valence-electron chi connectivity index (χ1n) is 13.2. The summed E-state index contributed by atoms with van der Waals surface area (Å²) in [7, 11) is 0. The van der Waals surface area contributed by atoms with Gasteiger partial charge in [-0.2, -0.15) is 0 Å². The third-order valence-corrected chi connectivity index (χ3v) is 6.07. The van der Waals surface area contributed by atoms with Crippen LogP contribution in [0.1, 0.15) is 20.7 Å². The summed E-state index contributed by atoms with van der Waals surface area (Å²) in [5.41, 5.74) is 2.49. The molecule has 6 rings (SSSR count). The molecule has 2 saturated carbocycles. The predicted molar refractivity (Wildman–Crippen MR) is 151 cm³/mol. The SMILES string of the molecule is O=C([O-])c1ccc(N2CCOCC2)cc1.O=C([O-])c1ccc(N2CCOCC2)cc1.[CH]1[CH][CH][CH][CH]1.[CH]1[CH][CH][CH][CH]1.[Ti+4]. The number of ether oxygens (including phenoxy) is 2. The van der Waals surface area contributed by atoms with E-state index in [2.05, 4.69) is 9.80 Å². The second-order valence-corrected chi connectivity index (χ2v) is 8.79. The van der Waals surface area contributed by atoms with E-state index < -0.39 is 11.9 Å². The fourth-order valence-electron chi connectivity index (χ4n) is 3.90. The molecule has 2 aliphatic heterocycles. The van der Waals surface area contributed by atoms with E-state index >= 15 is 0 Å². The normalized spacial score (nSPS) is 17.9. The zero-order valence-corrected chi connectivity index (χ0v) is 24.5. The average Bonchev–Trinajstić information content (AvgIpc) is 3.79. The molecule has 2 heterocycles. The Kier molecular flexibility index (Phi) is 17.4. The van der Waals surface area contributed by atoms with Crippen LogP contribution in [0.15, 0.2) is 48.5 Å². The Hall–Kier alpha value is -2.39. The number of carboxylic acids is 2. The van der Waals surface area contributed by atoms with Crippen LogP contribution in [-0.4, -0.2) is 64.5 Å². The van der Waals surface area contributed by atoms with Gasteiger partial charge < -0.3 is 39.1 Å². The van der Waals surface area contributed by atoms with Crippen molar-refractivity contribution in [2.24, 2.45) is 0 Å². The molecule has 0 spiro atoms. The molecule has 210 valence electrons. The van der Waals surface area contributed by atoms with Gasteiger partial charge in [0.2, 0.25) is 0 Å². The summed E-state index contributed by atoms with van der Waals surface area (Å²) in [5, 5.41) is 21.1. The number of carbonyl (C=O) groups excluding carboxylic acids is 2. The number of hydrogen-bond donors (Lipinski definition) is 0. The van der Waals surface area contributed by atoms with Crippen LogP contribution in [0.4, 0.5) is 11.4 Å². The van der Waals surface area contributed by atoms with Crippen LogP contribution in [-0.2, 0) is 31.2 Å². The zero-order chi connectivity index (χ0) is 28.4. The summed E-state index contributed by atoms with van der Waals surface area (Å²) in [6, 6.07) is 13.5. The summed E-state index contributed by atoms with van der Waals surface area (Å²) in [6.07, 6.45) is 20.0. The molecule has 41 heavy (non-hydrogen) atoms. The third-order valence-electron chi connectivity index (χ3n) is 6.07. The second-order valence-electron chi connectivity index (χ2n) is 8.79. The van der Waals surface area contributed by atoms with E-state index in [4.69, 9.17) is 9.47 Å². The van der Waals surface area contributed by atoms with Gasteiger partial charge in [0.05, 0.1) is 38.4 Å².